The predicted octanol–water partition coefficient (Wildman–Crippen LogP) is 5.82. The molecule has 1 saturated heterocycles. The van der Waals surface area contributed by atoms with Gasteiger partial charge in [-0.15, -0.1) is 5.10 Å². The third-order valence-corrected chi connectivity index (χ3v) is 20.1. The van der Waals surface area contributed by atoms with E-state index in [2.05, 4.69) is 115 Å². The molecule has 3 aliphatic rings. The third kappa shape index (κ3) is 29.0. The second kappa shape index (κ2) is 49.7. The van der Waals surface area contributed by atoms with Crippen molar-refractivity contribution in [3.63, 3.8) is 0 Å². The van der Waals surface area contributed by atoms with Crippen molar-refractivity contribution in [2.75, 3.05) is 189 Å². The van der Waals surface area contributed by atoms with Crippen LogP contribution in [0.5, 0.6) is 6.01 Å². The molecule has 5 amide bonds. The van der Waals surface area contributed by atoms with Crippen LogP contribution < -0.4 is 46.9 Å². The number of amides is 5. The van der Waals surface area contributed by atoms with E-state index in [1.165, 1.54) is 11.5 Å². The number of nitrogens with two attached hydrogens (primary N) is 1. The summed E-state index contributed by atoms with van der Waals surface area (Å²) < 4.78 is 62.4. The number of methoxy groups -OCH3 is 1. The number of hydrogen-bond donors (Lipinski definition) is 5. The smallest absolute Gasteiger partial charge is 0.328 e. The molecule has 6 aromatic rings. The highest BCUT2D eigenvalue weighted by atomic mass is 16.6. The summed E-state index contributed by atoms with van der Waals surface area (Å²) in [6, 6.07) is 27.1. The molecule has 640 valence electrons. The number of anilines is 2. The Hall–Kier alpha value is -10.4. The van der Waals surface area contributed by atoms with Crippen LogP contribution in [0.1, 0.15) is 120 Å². The van der Waals surface area contributed by atoms with Gasteiger partial charge in [0.25, 0.3) is 5.91 Å². The fraction of sp³-hybridized carbons (Fsp3) is 0.541. The topological polar surface area (TPSA) is 385 Å². The van der Waals surface area contributed by atoms with Crippen LogP contribution >= 0.6 is 0 Å². The molecular formula is C85H118N15O18+. The molecule has 118 heavy (non-hydrogen) atoms. The number of nitrogens with zero attached hydrogens (tertiary/aromatic N) is 10. The number of piperazine rings is 1. The molecular weight excluding hydrogens is 1520 g/mol. The molecule has 0 bridgehead atoms. The number of benzene rings is 4. The van der Waals surface area contributed by atoms with Crippen LogP contribution in [0.25, 0.3) is 44.6 Å². The number of rotatable bonds is 56. The number of ketones is 2. The summed E-state index contributed by atoms with van der Waals surface area (Å²) in [6.45, 7) is 21.2. The second-order valence-electron chi connectivity index (χ2n) is 28.4. The number of H-pyrrole nitrogens is 1. The minimum atomic E-state index is -0.877. The van der Waals surface area contributed by atoms with Crippen molar-refractivity contribution < 1.29 is 80.6 Å². The second-order valence-corrected chi connectivity index (χ2v) is 28.4. The summed E-state index contributed by atoms with van der Waals surface area (Å²) in [7, 11) is 1.54. The number of imidazole rings is 1. The number of aryl methyl sites for hydroxylation is 2. The quantitative estimate of drug-likeness (QED) is 0.0170. The number of carbonyl (C=O) groups excluding carboxylic acids is 7. The van der Waals surface area contributed by atoms with Crippen LogP contribution in [0.4, 0.5) is 11.5 Å². The molecule has 0 radical (unpaired) electrons. The molecule has 33 heteroatoms. The van der Waals surface area contributed by atoms with Gasteiger partial charge < -0.3 is 93.2 Å². The van der Waals surface area contributed by atoms with Crippen LogP contribution in [0.2, 0.25) is 0 Å². The van der Waals surface area contributed by atoms with Crippen molar-refractivity contribution in [2.24, 2.45) is 0 Å². The Balaban J connectivity index is 0.644. The summed E-state index contributed by atoms with van der Waals surface area (Å²) >= 11 is 0. The van der Waals surface area contributed by atoms with Crippen LogP contribution in [-0.2, 0) is 92.6 Å². The first-order valence-corrected chi connectivity index (χ1v) is 41.2. The number of Topliss-reactive ketones (excluding diaryl/α,β-unsaturated/α-hetero) is 2. The predicted molar refractivity (Wildman–Crippen MR) is 444 cm³/mol. The van der Waals surface area contributed by atoms with Gasteiger partial charge in [-0.05, 0) is 101 Å². The Morgan fingerprint density at radius 3 is 1.96 bits per heavy atom. The number of hydrogen-bond acceptors (Lipinski definition) is 24. The first kappa shape index (κ1) is 91.5. The maximum atomic E-state index is 14.6. The highest BCUT2D eigenvalue weighted by Gasteiger charge is 2.30. The molecule has 5 heterocycles. The Labute approximate surface area is 688 Å². The van der Waals surface area contributed by atoms with E-state index in [-0.39, 0.29) is 132 Å². The van der Waals surface area contributed by atoms with E-state index < -0.39 is 17.6 Å². The fourth-order valence-corrected chi connectivity index (χ4v) is 13.6. The van der Waals surface area contributed by atoms with Gasteiger partial charge in [0.05, 0.1) is 130 Å². The van der Waals surface area contributed by atoms with Gasteiger partial charge in [-0.25, -0.2) is 14.1 Å². The molecule has 6 N–H and O–H groups in total. The van der Waals surface area contributed by atoms with Crippen LogP contribution in [0.3, 0.4) is 0 Å². The summed E-state index contributed by atoms with van der Waals surface area (Å²) in [5.74, 6) is -0.442. The van der Waals surface area contributed by atoms with Crippen molar-refractivity contribution in [1.29, 1.82) is 0 Å². The van der Waals surface area contributed by atoms with E-state index in [0.717, 1.165) is 87.5 Å². The van der Waals surface area contributed by atoms with Crippen LogP contribution in [0.15, 0.2) is 100 Å². The maximum Gasteiger partial charge on any atom is 0.328 e. The number of nitrogens with one attached hydrogen (secondary N) is 4. The first-order chi connectivity index (χ1) is 57.5. The van der Waals surface area contributed by atoms with Gasteiger partial charge >= 0.3 is 11.7 Å². The number of nitrogen functional groups attached to an aromatic ring is 1. The molecule has 2 aliphatic heterocycles. The highest BCUT2D eigenvalue weighted by molar-refractivity contribution is 6.09. The lowest BCUT2D eigenvalue weighted by Gasteiger charge is -2.35. The zero-order chi connectivity index (χ0) is 83.8. The first-order valence-electron chi connectivity index (χ1n) is 41.2. The van der Waals surface area contributed by atoms with Crippen molar-refractivity contribution >= 4 is 74.7 Å². The number of aromatic nitrogens is 7. The van der Waals surface area contributed by atoms with Gasteiger partial charge in [-0.1, -0.05) is 54.1 Å². The summed E-state index contributed by atoms with van der Waals surface area (Å²) in [5.41, 5.74) is 13.9. The molecule has 33 nitrogen and oxygen atoms in total. The Morgan fingerprint density at radius 2 is 1.28 bits per heavy atom. The minimum absolute atomic E-state index is 0.0159. The molecule has 1 atom stereocenters. The average Bonchev–Trinajstić information content (AvgIpc) is 1.00. The van der Waals surface area contributed by atoms with Crippen molar-refractivity contribution in [1.82, 2.24) is 64.8 Å². The fourth-order valence-electron chi connectivity index (χ4n) is 13.6. The number of aromatic amines is 1. The van der Waals surface area contributed by atoms with Gasteiger partial charge in [0.15, 0.2) is 11.5 Å². The van der Waals surface area contributed by atoms with E-state index in [4.69, 9.17) is 52.8 Å². The van der Waals surface area contributed by atoms with Gasteiger partial charge in [0, 0.05) is 138 Å². The number of fused-ring (bicyclic) bond motifs is 3. The molecule has 3 aromatic heterocycles. The zero-order valence-electron chi connectivity index (χ0n) is 69.2. The lowest BCUT2D eigenvalue weighted by atomic mass is 9.90. The monoisotopic (exact) mass is 1640 g/mol. The van der Waals surface area contributed by atoms with Crippen molar-refractivity contribution in [2.45, 2.75) is 124 Å². The molecule has 1 fully saturated rings. The highest BCUT2D eigenvalue weighted by Crippen LogP contribution is 2.42. The van der Waals surface area contributed by atoms with E-state index in [9.17, 15) is 38.4 Å². The average molecular weight is 1640 g/mol. The molecule has 1 unspecified atom stereocenters. The number of ether oxygens (including phenoxy) is 9. The Kier molecular flexibility index (Phi) is 38.6. The molecule has 0 saturated carbocycles. The van der Waals surface area contributed by atoms with Gasteiger partial charge in [-0.3, -0.25) is 33.3 Å². The molecule has 1 aliphatic carbocycles. The van der Waals surface area contributed by atoms with Gasteiger partial charge in [0.2, 0.25) is 29.0 Å². The summed E-state index contributed by atoms with van der Waals surface area (Å²) in [6.07, 6.45) is 5.07. The van der Waals surface area contributed by atoms with Gasteiger partial charge in [-0.2, -0.15) is 9.97 Å². The summed E-state index contributed by atoms with van der Waals surface area (Å²) in [5, 5.41) is 19.0. The Bertz CT molecular complexity index is 4600. The minimum Gasteiger partial charge on any atom is -0.461 e. The lowest BCUT2D eigenvalue weighted by Crippen LogP contribution is -2.50. The zero-order valence-corrected chi connectivity index (χ0v) is 69.2. The largest absolute Gasteiger partial charge is 0.461 e. The Morgan fingerprint density at radius 1 is 0.636 bits per heavy atom. The third-order valence-electron chi connectivity index (χ3n) is 20.1. The SMILES string of the molecule is CCN(CC)c1ccc2c(-c3ccccc3C(=O)N3CCN(C(=O)CCOCCOCCOCCOCCNC(=O)C(CCCCc4cn(CCOCCOCCOCCNC(=O)CCC(C)=O)nn4)NC(=O)CCC(=O)CCc4ccc(Cn5c(=O)[nH]c6c(N)nc(OCCOC)nc65)cc4)CC3)c3ccc(=[N+](CC)CC)cc-3oc2c1. The van der Waals surface area contributed by atoms with E-state index in [1.807, 2.05) is 59.6 Å². The normalized spacial score (nSPS) is 12.5. The van der Waals surface area contributed by atoms with Crippen molar-refractivity contribution in [3.05, 3.63) is 129 Å². The van der Waals surface area contributed by atoms with Gasteiger partial charge in [0.1, 0.15) is 54.2 Å². The lowest BCUT2D eigenvalue weighted by molar-refractivity contribution is -0.134. The molecule has 0 spiro atoms. The summed E-state index contributed by atoms with van der Waals surface area (Å²) in [4.78, 5) is 121. The maximum absolute atomic E-state index is 14.6. The molecule has 9 rings (SSSR count). The molecule has 3 aromatic carbocycles. The van der Waals surface area contributed by atoms with E-state index in [0.29, 0.717) is 161 Å². The van der Waals surface area contributed by atoms with Crippen molar-refractivity contribution in [3.8, 4) is 28.5 Å². The van der Waals surface area contributed by atoms with E-state index in [1.54, 1.807) is 16.7 Å². The van der Waals surface area contributed by atoms with Crippen LogP contribution in [-0.4, -0.2) is 270 Å². The number of unbranched alkanes of at least 4 members (excludes halogenated alkanes) is 1. The van der Waals surface area contributed by atoms with E-state index >= 15 is 0 Å². The standard InChI is InChI=1S/C85H117N15O18/c1-7-95(8-2)65-25-29-70-73(57-65)118-74-58-66(96(9-3)10-4)26-30-71(74)78(70)68-16-12-13-17-69(68)83(107)98-38-36-97(37-39-98)77(105)33-41-110-46-50-114-54-55-116-52-48-112-43-35-88-82(106)72(18-14-11-15-64-60-99(94-93-64)40-44-113-49-53-115-51-47-111-42-34-87-75(103)31-19-61(5)101)89-76(104)32-28-67(102)27-24-62-20-22-63(23-21-62)59-100-81-79(90-85(100)108)80(86)91-84(92-81)117-56-45-109-6/h12-13,16-17,20-23,25-26,29-30,57-58,60,72,86H,7-11,14-15,18-19,24,27-28,31-56,59H2,1-6H3,(H4,87,88,89,103,104,106,107)/p+1. The van der Waals surface area contributed by atoms with Crippen LogP contribution in [0, 0.1) is 0 Å². The number of carbonyl (C=O) groups is 7.